The van der Waals surface area contributed by atoms with Gasteiger partial charge in [0.1, 0.15) is 34.6 Å². The third-order valence-corrected chi connectivity index (χ3v) is 15.1. The minimum absolute atomic E-state index is 0.0792. The van der Waals surface area contributed by atoms with Crippen molar-refractivity contribution in [1.29, 1.82) is 0 Å². The van der Waals surface area contributed by atoms with Gasteiger partial charge in [-0.2, -0.15) is 0 Å². The maximum Gasteiger partial charge on any atom is 0.408 e. The largest absolute Gasteiger partial charge is 0.483 e. The Hall–Kier alpha value is -4.20. The van der Waals surface area contributed by atoms with Crippen LogP contribution in [0.4, 0.5) is 4.79 Å². The number of sulfonamides is 1. The summed E-state index contributed by atoms with van der Waals surface area (Å²) in [5, 5.41) is 6.81. The van der Waals surface area contributed by atoms with Crippen LogP contribution in [0.5, 0.6) is 5.75 Å². The van der Waals surface area contributed by atoms with Crippen LogP contribution in [-0.4, -0.2) is 82.2 Å². The first-order valence-electron chi connectivity index (χ1n) is 19.6. The van der Waals surface area contributed by atoms with Crippen LogP contribution in [0.1, 0.15) is 109 Å². The van der Waals surface area contributed by atoms with Crippen molar-refractivity contribution < 1.29 is 37.1 Å². The highest BCUT2D eigenvalue weighted by Crippen LogP contribution is 2.49. The highest BCUT2D eigenvalue weighted by Gasteiger charge is 2.64. The lowest BCUT2D eigenvalue weighted by molar-refractivity contribution is -0.141. The van der Waals surface area contributed by atoms with Crippen molar-refractivity contribution in [2.24, 2.45) is 5.92 Å². The van der Waals surface area contributed by atoms with E-state index >= 15 is 0 Å². The molecule has 1 aromatic carbocycles. The maximum atomic E-state index is 14.8. The molecule has 0 radical (unpaired) electrons. The summed E-state index contributed by atoms with van der Waals surface area (Å²) in [7, 11) is -3.97. The van der Waals surface area contributed by atoms with Crippen molar-refractivity contribution in [3.63, 3.8) is 0 Å². The third kappa shape index (κ3) is 6.62. The molecule has 4 amide bonds. The van der Waals surface area contributed by atoms with Gasteiger partial charge in [0, 0.05) is 23.3 Å². The van der Waals surface area contributed by atoms with Crippen LogP contribution in [-0.2, 0) is 35.6 Å². The molecule has 54 heavy (non-hydrogen) atoms. The zero-order chi connectivity index (χ0) is 38.1. The van der Waals surface area contributed by atoms with Crippen LogP contribution in [0.2, 0.25) is 0 Å². The van der Waals surface area contributed by atoms with Gasteiger partial charge >= 0.3 is 6.09 Å². The van der Waals surface area contributed by atoms with Crippen LogP contribution in [0.3, 0.4) is 0 Å². The lowest BCUT2D eigenvalue weighted by Gasteiger charge is -2.38. The van der Waals surface area contributed by atoms with E-state index in [0.717, 1.165) is 48.6 Å². The van der Waals surface area contributed by atoms with Gasteiger partial charge in [-0.3, -0.25) is 19.1 Å². The number of aryl methyl sites for hydroxylation is 2. The minimum atomic E-state index is -3.97. The second kappa shape index (κ2) is 13.2. The number of hydrogen-bond acceptors (Lipinski definition) is 9. The van der Waals surface area contributed by atoms with E-state index in [1.807, 2.05) is 50.3 Å². The number of para-hydroxylation sites is 1. The first-order chi connectivity index (χ1) is 25.7. The Balaban J connectivity index is 1.12. The predicted octanol–water partition coefficient (Wildman–Crippen LogP) is 4.64. The molecule has 4 heterocycles. The van der Waals surface area contributed by atoms with Crippen LogP contribution >= 0.6 is 0 Å². The van der Waals surface area contributed by atoms with E-state index in [4.69, 9.17) is 14.5 Å². The maximum absolute atomic E-state index is 14.8. The number of allylic oxidation sites excluding steroid dienone is 1. The molecule has 3 saturated carbocycles. The van der Waals surface area contributed by atoms with Crippen molar-refractivity contribution in [2.45, 2.75) is 144 Å². The van der Waals surface area contributed by atoms with Gasteiger partial charge in [-0.25, -0.2) is 18.2 Å². The molecule has 0 unspecified atom stereocenters. The number of carbonyl (C=O) groups excluding carboxylic acids is 4. The number of pyridine rings is 1. The van der Waals surface area contributed by atoms with Crippen molar-refractivity contribution in [3.05, 3.63) is 47.7 Å². The fourth-order valence-electron chi connectivity index (χ4n) is 8.81. The van der Waals surface area contributed by atoms with Gasteiger partial charge in [0.15, 0.2) is 0 Å². The van der Waals surface area contributed by atoms with E-state index in [1.165, 1.54) is 4.90 Å². The van der Waals surface area contributed by atoms with E-state index in [-0.39, 0.29) is 19.4 Å². The predicted molar refractivity (Wildman–Crippen MR) is 200 cm³/mol. The Morgan fingerprint density at radius 1 is 1.02 bits per heavy atom. The summed E-state index contributed by atoms with van der Waals surface area (Å²) in [6, 6.07) is 5.88. The monoisotopic (exact) mass is 761 g/mol. The molecule has 13 nitrogen and oxygen atoms in total. The number of amides is 4. The number of fused-ring (bicyclic) bond motifs is 5. The quantitative estimate of drug-likeness (QED) is 0.367. The number of rotatable bonds is 5. The average Bonchev–Trinajstić information content (AvgIpc) is 4.01. The van der Waals surface area contributed by atoms with Gasteiger partial charge < -0.3 is 25.0 Å². The second-order valence-electron chi connectivity index (χ2n) is 17.1. The van der Waals surface area contributed by atoms with Gasteiger partial charge in [0.25, 0.3) is 5.91 Å². The Labute approximate surface area is 316 Å². The summed E-state index contributed by atoms with van der Waals surface area (Å²) < 4.78 is 40.3. The normalized spacial score (nSPS) is 31.9. The lowest BCUT2D eigenvalue weighted by atomic mass is 9.82. The van der Waals surface area contributed by atoms with E-state index in [1.54, 1.807) is 6.92 Å². The minimum Gasteiger partial charge on any atom is -0.483 e. The fraction of sp³-hybridized carbons (Fsp3) is 0.625. The second-order valence-corrected chi connectivity index (χ2v) is 19.3. The summed E-state index contributed by atoms with van der Waals surface area (Å²) >= 11 is 0. The Morgan fingerprint density at radius 2 is 1.80 bits per heavy atom. The summed E-state index contributed by atoms with van der Waals surface area (Å²) in [5.41, 5.74) is -0.396. The summed E-state index contributed by atoms with van der Waals surface area (Å²) in [4.78, 5) is 62.9. The van der Waals surface area contributed by atoms with Crippen LogP contribution in [0, 0.1) is 12.8 Å². The number of ether oxygens (including phenoxy) is 2. The van der Waals surface area contributed by atoms with Gasteiger partial charge in [-0.05, 0) is 97.5 Å². The zero-order valence-electron chi connectivity index (χ0n) is 31.4. The molecule has 5 atom stereocenters. The fourth-order valence-corrected chi connectivity index (χ4v) is 10.1. The van der Waals surface area contributed by atoms with Crippen molar-refractivity contribution in [2.75, 3.05) is 6.54 Å². The van der Waals surface area contributed by atoms with E-state index in [2.05, 4.69) is 15.4 Å². The number of benzene rings is 1. The number of hydrogen-bond donors (Lipinski definition) is 3. The Bertz CT molecular complexity index is 2040. The molecule has 4 fully saturated rings. The van der Waals surface area contributed by atoms with Crippen LogP contribution in [0.15, 0.2) is 36.4 Å². The van der Waals surface area contributed by atoms with Crippen molar-refractivity contribution in [1.82, 2.24) is 25.2 Å². The molecule has 14 heteroatoms. The van der Waals surface area contributed by atoms with E-state index in [0.29, 0.717) is 56.4 Å². The molecule has 290 valence electrons. The number of nitrogens with zero attached hydrogens (tertiary/aromatic N) is 2. The SMILES string of the molecule is Cc1nc2ccccc2c2c1O[C@]1(CC2)C[C@H]2C(=O)N[C@]3(C(=O)NS(=O)(=O)C4(C)CC4)C[C@@H]3/C=C\CCCCC[C@H](NC(=O)OC3(C)CCC3)C(=O)N2C1. The molecule has 8 rings (SSSR count). The molecule has 1 saturated heterocycles. The molecular weight excluding hydrogens is 711 g/mol. The lowest BCUT2D eigenvalue weighted by Crippen LogP contribution is -2.59. The topological polar surface area (TPSA) is 173 Å². The Kier molecular flexibility index (Phi) is 9.01. The molecule has 0 bridgehead atoms. The number of aromatic nitrogens is 1. The summed E-state index contributed by atoms with van der Waals surface area (Å²) in [5.74, 6) is -1.53. The van der Waals surface area contributed by atoms with E-state index < -0.39 is 73.3 Å². The van der Waals surface area contributed by atoms with Gasteiger partial charge in [-0.15, -0.1) is 0 Å². The number of nitrogens with one attached hydrogen (secondary N) is 3. The van der Waals surface area contributed by atoms with Gasteiger partial charge in [-0.1, -0.05) is 43.2 Å². The summed E-state index contributed by atoms with van der Waals surface area (Å²) in [6.45, 7) is 5.47. The van der Waals surface area contributed by atoms with E-state index in [9.17, 15) is 27.6 Å². The smallest absolute Gasteiger partial charge is 0.408 e. The molecule has 3 N–H and O–H groups in total. The van der Waals surface area contributed by atoms with Crippen molar-refractivity contribution >= 4 is 44.7 Å². The molecule has 2 aromatic rings. The first kappa shape index (κ1) is 36.8. The highest BCUT2D eigenvalue weighted by molar-refractivity contribution is 7.91. The van der Waals surface area contributed by atoms with Gasteiger partial charge in [0.2, 0.25) is 21.8 Å². The average molecular weight is 762 g/mol. The molecule has 3 aliphatic carbocycles. The third-order valence-electron chi connectivity index (χ3n) is 12.9. The molecular formula is C40H51N5O8S. The van der Waals surface area contributed by atoms with Gasteiger partial charge in [0.05, 0.1) is 22.5 Å². The molecule has 1 aromatic heterocycles. The number of carbonyl (C=O) groups is 4. The van der Waals surface area contributed by atoms with Crippen molar-refractivity contribution in [3.8, 4) is 5.75 Å². The zero-order valence-corrected chi connectivity index (χ0v) is 32.2. The molecule has 6 aliphatic rings. The number of alkyl carbamates (subject to hydrolysis) is 1. The standard InChI is InChI=1S/C40H51N5O8S/c1-25-32-28(27-13-9-10-14-29(27)41-25)16-19-39(52-32)23-31-33(46)43-40(35(48)44-54(50,51)38(3)20-21-38)22-26(40)12-7-5-4-6-8-15-30(34(47)45(31)24-39)42-36(49)53-37(2)17-11-18-37/h7,9-10,12-14,26,30-31H,4-6,8,11,15-24H2,1-3H3,(H,42,49)(H,43,46)(H,44,48)/b12-7-/t26-,30-,31-,39+,40+/m0/s1. The van der Waals surface area contributed by atoms with Crippen LogP contribution in [0.25, 0.3) is 10.9 Å². The Morgan fingerprint density at radius 3 is 2.54 bits per heavy atom. The van der Waals surface area contributed by atoms with Crippen LogP contribution < -0.4 is 20.1 Å². The molecule has 1 spiro atoms. The highest BCUT2D eigenvalue weighted by atomic mass is 32.2. The molecule has 3 aliphatic heterocycles. The summed E-state index contributed by atoms with van der Waals surface area (Å²) in [6.07, 6.45) is 11.5. The first-order valence-corrected chi connectivity index (χ1v) is 21.1.